The molecule has 0 saturated heterocycles. The molecule has 4 nitrogen and oxygen atoms in total. The van der Waals surface area contributed by atoms with Gasteiger partial charge in [0.15, 0.2) is 0 Å². The average Bonchev–Trinajstić information content (AvgIpc) is 3.14. The van der Waals surface area contributed by atoms with Crippen LogP contribution < -0.4 is 0 Å². The molecule has 0 bridgehead atoms. The maximum atomic E-state index is 10.8. The monoisotopic (exact) mass is 374 g/mol. The molecule has 27 heavy (non-hydrogen) atoms. The minimum atomic E-state index is -0.964. The van der Waals surface area contributed by atoms with E-state index >= 15 is 0 Å². The summed E-state index contributed by atoms with van der Waals surface area (Å²) in [5.41, 5.74) is 0.416. The van der Waals surface area contributed by atoms with E-state index in [0.717, 1.165) is 32.1 Å². The van der Waals surface area contributed by atoms with E-state index in [1.165, 1.54) is 18.4 Å². The lowest BCUT2D eigenvalue weighted by atomic mass is 9.50. The third kappa shape index (κ3) is 4.25. The molecule has 4 heteroatoms. The topological polar surface area (TPSA) is 77.8 Å². The molecule has 0 spiro atoms. The van der Waals surface area contributed by atoms with Crippen LogP contribution >= 0.6 is 0 Å². The van der Waals surface area contributed by atoms with Crippen molar-refractivity contribution in [2.75, 3.05) is 0 Å². The number of aliphatic hydroxyl groups is 2. The molecule has 0 aromatic carbocycles. The molecule has 3 N–H and O–H groups in total. The zero-order chi connectivity index (χ0) is 19.6. The van der Waals surface area contributed by atoms with Crippen molar-refractivity contribution in [2.45, 2.75) is 83.3 Å². The molecule has 3 aliphatic carbocycles. The number of aliphatic carboxylic acids is 1. The van der Waals surface area contributed by atoms with Gasteiger partial charge in [-0.2, -0.15) is 0 Å². The number of carboxylic acid groups (broad SMARTS) is 1. The van der Waals surface area contributed by atoms with Crippen LogP contribution in [0.15, 0.2) is 11.6 Å². The fraction of sp³-hybridized carbons (Fsp3) is 0.783. The molecule has 6 atom stereocenters. The van der Waals surface area contributed by atoms with Crippen molar-refractivity contribution in [3.05, 3.63) is 11.6 Å². The second-order valence-corrected chi connectivity index (χ2v) is 8.90. The summed E-state index contributed by atoms with van der Waals surface area (Å²) in [7, 11) is 0. The number of hydrogen-bond donors (Lipinski definition) is 3. The van der Waals surface area contributed by atoms with Crippen molar-refractivity contribution >= 4 is 5.97 Å². The van der Waals surface area contributed by atoms with Crippen molar-refractivity contribution < 1.29 is 20.1 Å². The van der Waals surface area contributed by atoms with E-state index in [1.54, 1.807) is 0 Å². The minimum absolute atomic E-state index is 0.0850. The second kappa shape index (κ2) is 8.37. The number of carboxylic acids is 1. The van der Waals surface area contributed by atoms with Crippen molar-refractivity contribution in [3.63, 3.8) is 0 Å². The van der Waals surface area contributed by atoms with Crippen LogP contribution in [-0.4, -0.2) is 33.0 Å². The standard InChI is InChI=1S/C23H34O4/c1-3-16-17(9-6-10-21(25)26)18-11-12-20(24)19(22(16)18)13-14-23(2,27)15-7-4-5-8-15/h9,15-16,18-20,22,24,27H,3-8,10-12H2,1-2H3,(H,25,26)/t16?,18-,19+,20-,22+,23?/m1/s1. The molecule has 0 aromatic rings. The highest BCUT2D eigenvalue weighted by atomic mass is 16.4. The van der Waals surface area contributed by atoms with Crippen LogP contribution in [0.3, 0.4) is 0 Å². The number of fused-ring (bicyclic) bond motifs is 1. The first kappa shape index (κ1) is 20.4. The molecular weight excluding hydrogens is 340 g/mol. The van der Waals surface area contributed by atoms with Crippen LogP contribution in [0.4, 0.5) is 0 Å². The SMILES string of the molecule is CCC1C(=CCCC(=O)O)[C@H]2CC[C@@H](O)[C@H](C#CC(C)(O)C3CCCC3)[C@@H]12. The fourth-order valence-corrected chi connectivity index (χ4v) is 5.71. The molecule has 3 rings (SSSR count). The molecular formula is C23H34O4. The summed E-state index contributed by atoms with van der Waals surface area (Å²) in [4.78, 5) is 10.8. The van der Waals surface area contributed by atoms with Gasteiger partial charge in [0.25, 0.3) is 0 Å². The summed E-state index contributed by atoms with van der Waals surface area (Å²) in [6, 6.07) is 0. The second-order valence-electron chi connectivity index (χ2n) is 8.90. The van der Waals surface area contributed by atoms with E-state index in [4.69, 9.17) is 5.11 Å². The number of hydrogen-bond acceptors (Lipinski definition) is 3. The number of allylic oxidation sites excluding steroid dienone is 2. The lowest BCUT2D eigenvalue weighted by Crippen LogP contribution is -2.51. The summed E-state index contributed by atoms with van der Waals surface area (Å²) in [6.07, 6.45) is 9.55. The summed E-state index contributed by atoms with van der Waals surface area (Å²) in [5, 5.41) is 30.3. The first-order chi connectivity index (χ1) is 12.8. The molecule has 3 aliphatic rings. The van der Waals surface area contributed by atoms with Gasteiger partial charge in [0.1, 0.15) is 5.60 Å². The van der Waals surface area contributed by atoms with Gasteiger partial charge < -0.3 is 15.3 Å². The Bertz CT molecular complexity index is 624. The molecule has 0 amide bonds. The molecule has 3 fully saturated rings. The van der Waals surface area contributed by atoms with E-state index < -0.39 is 17.7 Å². The largest absolute Gasteiger partial charge is 0.481 e. The molecule has 150 valence electrons. The zero-order valence-electron chi connectivity index (χ0n) is 16.7. The van der Waals surface area contributed by atoms with E-state index in [9.17, 15) is 15.0 Å². The smallest absolute Gasteiger partial charge is 0.303 e. The number of carbonyl (C=O) groups is 1. The third-order valence-corrected chi connectivity index (χ3v) is 7.21. The minimum Gasteiger partial charge on any atom is -0.481 e. The maximum Gasteiger partial charge on any atom is 0.303 e. The summed E-state index contributed by atoms with van der Waals surface area (Å²) in [5.74, 6) is 7.00. The van der Waals surface area contributed by atoms with Crippen LogP contribution in [0.2, 0.25) is 0 Å². The van der Waals surface area contributed by atoms with Crippen LogP contribution in [0.25, 0.3) is 0 Å². The lowest BCUT2D eigenvalue weighted by molar-refractivity contribution is -0.136. The first-order valence-electron chi connectivity index (χ1n) is 10.7. The van der Waals surface area contributed by atoms with E-state index in [1.807, 2.05) is 6.92 Å². The fourth-order valence-electron chi connectivity index (χ4n) is 5.71. The highest BCUT2D eigenvalue weighted by Crippen LogP contribution is 2.57. The van der Waals surface area contributed by atoms with Gasteiger partial charge in [-0.05, 0) is 69.1 Å². The molecule has 2 unspecified atom stereocenters. The van der Waals surface area contributed by atoms with Gasteiger partial charge in [-0.3, -0.25) is 4.79 Å². The van der Waals surface area contributed by atoms with Crippen molar-refractivity contribution in [3.8, 4) is 11.8 Å². The van der Waals surface area contributed by atoms with E-state index in [0.29, 0.717) is 24.2 Å². The Kier molecular flexibility index (Phi) is 6.33. The average molecular weight is 375 g/mol. The van der Waals surface area contributed by atoms with Gasteiger partial charge >= 0.3 is 5.97 Å². The summed E-state index contributed by atoms with van der Waals surface area (Å²) >= 11 is 0. The third-order valence-electron chi connectivity index (χ3n) is 7.21. The Morgan fingerprint density at radius 3 is 2.59 bits per heavy atom. The van der Waals surface area contributed by atoms with Gasteiger partial charge in [-0.15, -0.1) is 0 Å². The maximum absolute atomic E-state index is 10.8. The Morgan fingerprint density at radius 2 is 1.96 bits per heavy atom. The first-order valence-corrected chi connectivity index (χ1v) is 10.7. The number of aliphatic hydroxyl groups excluding tert-OH is 1. The van der Waals surface area contributed by atoms with Gasteiger partial charge in [0, 0.05) is 6.42 Å². The Labute approximate surface area is 163 Å². The van der Waals surface area contributed by atoms with Gasteiger partial charge in [-0.25, -0.2) is 0 Å². The van der Waals surface area contributed by atoms with E-state index in [2.05, 4.69) is 24.8 Å². The summed E-state index contributed by atoms with van der Waals surface area (Å²) in [6.45, 7) is 3.99. The van der Waals surface area contributed by atoms with Crippen molar-refractivity contribution in [1.82, 2.24) is 0 Å². The highest BCUT2D eigenvalue weighted by Gasteiger charge is 2.52. The van der Waals surface area contributed by atoms with Gasteiger partial charge in [0.05, 0.1) is 12.0 Å². The molecule has 3 saturated carbocycles. The Morgan fingerprint density at radius 1 is 1.26 bits per heavy atom. The van der Waals surface area contributed by atoms with Crippen LogP contribution in [0, 0.1) is 41.4 Å². The Balaban J connectivity index is 1.74. The van der Waals surface area contributed by atoms with Crippen LogP contribution in [-0.2, 0) is 4.79 Å². The zero-order valence-corrected chi connectivity index (χ0v) is 16.7. The molecule has 0 heterocycles. The molecule has 0 radical (unpaired) electrons. The quantitative estimate of drug-likeness (QED) is 0.506. The van der Waals surface area contributed by atoms with E-state index in [-0.39, 0.29) is 18.3 Å². The Hall–Kier alpha value is -1.31. The van der Waals surface area contributed by atoms with Crippen LogP contribution in [0.1, 0.15) is 71.6 Å². The number of rotatable bonds is 5. The lowest BCUT2D eigenvalue weighted by Gasteiger charge is -2.54. The molecule has 0 aromatic heterocycles. The normalized spacial score (nSPS) is 37.0. The van der Waals surface area contributed by atoms with Gasteiger partial charge in [0.2, 0.25) is 0 Å². The summed E-state index contributed by atoms with van der Waals surface area (Å²) < 4.78 is 0. The van der Waals surface area contributed by atoms with Crippen molar-refractivity contribution in [2.24, 2.45) is 29.6 Å². The van der Waals surface area contributed by atoms with Crippen LogP contribution in [0.5, 0.6) is 0 Å². The van der Waals surface area contributed by atoms with Gasteiger partial charge in [-0.1, -0.05) is 43.3 Å². The van der Waals surface area contributed by atoms with Crippen molar-refractivity contribution in [1.29, 1.82) is 0 Å². The predicted octanol–water partition coefficient (Wildman–Crippen LogP) is 3.77. The highest BCUT2D eigenvalue weighted by molar-refractivity contribution is 5.66. The molecule has 0 aliphatic heterocycles. The predicted molar refractivity (Wildman–Crippen MR) is 105 cm³/mol.